The highest BCUT2D eigenvalue weighted by Crippen LogP contribution is 2.23. The summed E-state index contributed by atoms with van der Waals surface area (Å²) in [5, 5.41) is 0. The maximum Gasteiger partial charge on any atom is 0.337 e. The SMILES string of the molecule is CCc1ccc(N(Cc2ccc(C(=O)OC)cc2F)C(=O)N2CCCCC2)cc1. The van der Waals surface area contributed by atoms with Gasteiger partial charge in [0, 0.05) is 24.3 Å². The van der Waals surface area contributed by atoms with Gasteiger partial charge in [-0.2, -0.15) is 0 Å². The third-order valence-corrected chi connectivity index (χ3v) is 5.32. The maximum atomic E-state index is 14.7. The zero-order chi connectivity index (χ0) is 20.8. The molecule has 2 aromatic carbocycles. The van der Waals surface area contributed by atoms with Gasteiger partial charge < -0.3 is 9.64 Å². The molecule has 0 aromatic heterocycles. The van der Waals surface area contributed by atoms with Crippen molar-refractivity contribution in [3.05, 3.63) is 65.0 Å². The summed E-state index contributed by atoms with van der Waals surface area (Å²) in [6, 6.07) is 11.9. The van der Waals surface area contributed by atoms with Crippen LogP contribution in [0.3, 0.4) is 0 Å². The third kappa shape index (κ3) is 4.94. The van der Waals surface area contributed by atoms with Crippen LogP contribution < -0.4 is 4.90 Å². The lowest BCUT2D eigenvalue weighted by atomic mass is 10.1. The van der Waals surface area contributed by atoms with Gasteiger partial charge in [-0.25, -0.2) is 14.0 Å². The molecule has 1 aliphatic rings. The number of benzene rings is 2. The zero-order valence-electron chi connectivity index (χ0n) is 17.0. The molecule has 0 saturated carbocycles. The van der Waals surface area contributed by atoms with Crippen molar-refractivity contribution < 1.29 is 18.7 Å². The molecule has 3 rings (SSSR count). The van der Waals surface area contributed by atoms with E-state index in [1.165, 1.54) is 18.7 Å². The fourth-order valence-corrected chi connectivity index (χ4v) is 3.53. The summed E-state index contributed by atoms with van der Waals surface area (Å²) < 4.78 is 19.3. The number of rotatable bonds is 5. The molecule has 1 fully saturated rings. The van der Waals surface area contributed by atoms with Gasteiger partial charge in [-0.1, -0.05) is 25.1 Å². The Bertz CT molecular complexity index is 861. The van der Waals surface area contributed by atoms with Crippen LogP contribution in [0.5, 0.6) is 0 Å². The number of urea groups is 1. The van der Waals surface area contributed by atoms with Gasteiger partial charge in [-0.15, -0.1) is 0 Å². The van der Waals surface area contributed by atoms with E-state index in [9.17, 15) is 14.0 Å². The van der Waals surface area contributed by atoms with Gasteiger partial charge in [0.05, 0.1) is 19.2 Å². The number of ether oxygens (including phenoxy) is 1. The van der Waals surface area contributed by atoms with Crippen LogP contribution in [0.2, 0.25) is 0 Å². The largest absolute Gasteiger partial charge is 0.465 e. The molecule has 29 heavy (non-hydrogen) atoms. The molecule has 5 nitrogen and oxygen atoms in total. The van der Waals surface area contributed by atoms with Gasteiger partial charge in [0.1, 0.15) is 5.82 Å². The second-order valence-electron chi connectivity index (χ2n) is 7.23. The normalized spacial score (nSPS) is 13.8. The second kappa shape index (κ2) is 9.54. The molecule has 0 bridgehead atoms. The Hall–Kier alpha value is -2.89. The van der Waals surface area contributed by atoms with Crippen molar-refractivity contribution >= 4 is 17.7 Å². The Morgan fingerprint density at radius 3 is 2.34 bits per heavy atom. The molecule has 0 N–H and O–H groups in total. The van der Waals surface area contributed by atoms with E-state index in [2.05, 4.69) is 11.7 Å². The van der Waals surface area contributed by atoms with Crippen LogP contribution in [0.1, 0.15) is 47.7 Å². The summed E-state index contributed by atoms with van der Waals surface area (Å²) in [6.07, 6.45) is 4.00. The number of likely N-dealkylation sites (tertiary alicyclic amines) is 1. The van der Waals surface area contributed by atoms with Gasteiger partial charge in [0.25, 0.3) is 0 Å². The number of carbonyl (C=O) groups excluding carboxylic acids is 2. The number of halogens is 1. The van der Waals surface area contributed by atoms with Gasteiger partial charge in [0.2, 0.25) is 0 Å². The van der Waals surface area contributed by atoms with Crippen molar-refractivity contribution in [1.82, 2.24) is 4.90 Å². The Labute approximate surface area is 171 Å². The summed E-state index contributed by atoms with van der Waals surface area (Å²) in [5.74, 6) is -1.12. The van der Waals surface area contributed by atoms with Crippen LogP contribution in [-0.2, 0) is 17.7 Å². The summed E-state index contributed by atoms with van der Waals surface area (Å²) in [6.45, 7) is 3.59. The van der Waals surface area contributed by atoms with Crippen molar-refractivity contribution in [3.8, 4) is 0 Å². The second-order valence-corrected chi connectivity index (χ2v) is 7.23. The van der Waals surface area contributed by atoms with Crippen LogP contribution in [-0.4, -0.2) is 37.1 Å². The molecule has 2 amide bonds. The highest BCUT2D eigenvalue weighted by Gasteiger charge is 2.25. The number of esters is 1. The monoisotopic (exact) mass is 398 g/mol. The smallest absolute Gasteiger partial charge is 0.337 e. The van der Waals surface area contributed by atoms with E-state index < -0.39 is 11.8 Å². The molecule has 1 aliphatic heterocycles. The summed E-state index contributed by atoms with van der Waals surface area (Å²) in [7, 11) is 1.26. The van der Waals surface area contributed by atoms with E-state index in [1.54, 1.807) is 11.0 Å². The first-order chi connectivity index (χ1) is 14.0. The summed E-state index contributed by atoms with van der Waals surface area (Å²) >= 11 is 0. The minimum Gasteiger partial charge on any atom is -0.465 e. The first-order valence-corrected chi connectivity index (χ1v) is 10.1. The molecule has 6 heteroatoms. The van der Waals surface area contributed by atoms with Crippen LogP contribution >= 0.6 is 0 Å². The van der Waals surface area contributed by atoms with E-state index in [-0.39, 0.29) is 18.1 Å². The van der Waals surface area contributed by atoms with Crippen LogP contribution in [0.25, 0.3) is 0 Å². The van der Waals surface area contributed by atoms with Gasteiger partial charge in [-0.05, 0) is 55.5 Å². The minimum atomic E-state index is -0.591. The molecule has 0 unspecified atom stereocenters. The molecular formula is C23H27FN2O3. The minimum absolute atomic E-state index is 0.0914. The van der Waals surface area contributed by atoms with Crippen molar-refractivity contribution in [3.63, 3.8) is 0 Å². The standard InChI is InChI=1S/C23H27FN2O3/c1-3-17-7-11-20(12-8-17)26(23(28)25-13-5-4-6-14-25)16-19-10-9-18(15-21(19)24)22(27)29-2/h7-12,15H,3-6,13-14,16H2,1-2H3. The number of amides is 2. The molecule has 154 valence electrons. The van der Waals surface area contributed by atoms with Crippen molar-refractivity contribution in [1.29, 1.82) is 0 Å². The molecule has 0 atom stereocenters. The number of piperidine rings is 1. The molecule has 0 aliphatic carbocycles. The Balaban J connectivity index is 1.90. The molecule has 0 spiro atoms. The van der Waals surface area contributed by atoms with Gasteiger partial charge in [0.15, 0.2) is 0 Å². The maximum absolute atomic E-state index is 14.7. The number of hydrogen-bond acceptors (Lipinski definition) is 3. The Morgan fingerprint density at radius 1 is 1.07 bits per heavy atom. The van der Waals surface area contributed by atoms with E-state index in [1.807, 2.05) is 29.2 Å². The number of hydrogen-bond donors (Lipinski definition) is 0. The highest BCUT2D eigenvalue weighted by molar-refractivity contribution is 5.92. The predicted molar refractivity (Wildman–Crippen MR) is 111 cm³/mol. The molecule has 1 saturated heterocycles. The number of carbonyl (C=O) groups is 2. The van der Waals surface area contributed by atoms with E-state index in [0.29, 0.717) is 18.7 Å². The van der Waals surface area contributed by atoms with Crippen LogP contribution in [0, 0.1) is 5.82 Å². The van der Waals surface area contributed by atoms with Crippen LogP contribution in [0.15, 0.2) is 42.5 Å². The first-order valence-electron chi connectivity index (χ1n) is 10.1. The van der Waals surface area contributed by atoms with E-state index >= 15 is 0 Å². The number of anilines is 1. The Kier molecular flexibility index (Phi) is 6.86. The number of aryl methyl sites for hydroxylation is 1. The molecule has 0 radical (unpaired) electrons. The lowest BCUT2D eigenvalue weighted by molar-refractivity contribution is 0.0600. The first kappa shape index (κ1) is 20.8. The summed E-state index contributed by atoms with van der Waals surface area (Å²) in [4.78, 5) is 28.3. The fourth-order valence-electron chi connectivity index (χ4n) is 3.53. The molecule has 2 aromatic rings. The number of methoxy groups -OCH3 is 1. The predicted octanol–water partition coefficient (Wildman–Crippen LogP) is 4.79. The lowest BCUT2D eigenvalue weighted by Gasteiger charge is -2.33. The van der Waals surface area contributed by atoms with Crippen molar-refractivity contribution in [2.24, 2.45) is 0 Å². The van der Waals surface area contributed by atoms with Crippen molar-refractivity contribution in [2.45, 2.75) is 39.2 Å². The Morgan fingerprint density at radius 2 is 1.76 bits per heavy atom. The molecular weight excluding hydrogens is 371 g/mol. The average Bonchev–Trinajstić information content (AvgIpc) is 2.78. The zero-order valence-corrected chi connectivity index (χ0v) is 17.0. The van der Waals surface area contributed by atoms with Crippen LogP contribution in [0.4, 0.5) is 14.9 Å². The lowest BCUT2D eigenvalue weighted by Crippen LogP contribution is -2.45. The topological polar surface area (TPSA) is 49.9 Å². The number of nitrogens with zero attached hydrogens (tertiary/aromatic N) is 2. The average molecular weight is 398 g/mol. The summed E-state index contributed by atoms with van der Waals surface area (Å²) in [5.41, 5.74) is 2.40. The quantitative estimate of drug-likeness (QED) is 0.681. The highest BCUT2D eigenvalue weighted by atomic mass is 19.1. The van der Waals surface area contributed by atoms with Gasteiger partial charge >= 0.3 is 12.0 Å². The van der Waals surface area contributed by atoms with E-state index in [0.717, 1.165) is 37.4 Å². The van der Waals surface area contributed by atoms with E-state index in [4.69, 9.17) is 0 Å². The van der Waals surface area contributed by atoms with Crippen molar-refractivity contribution in [2.75, 3.05) is 25.1 Å². The van der Waals surface area contributed by atoms with Gasteiger partial charge in [-0.3, -0.25) is 4.90 Å². The molecule has 1 heterocycles. The third-order valence-electron chi connectivity index (χ3n) is 5.32. The fraction of sp³-hybridized carbons (Fsp3) is 0.391.